The lowest BCUT2D eigenvalue weighted by atomic mass is 10.1. The average Bonchev–Trinajstić information content (AvgIpc) is 2.27. The fourth-order valence-electron chi connectivity index (χ4n) is 1.82. The summed E-state index contributed by atoms with van der Waals surface area (Å²) in [5.74, 6) is 0.00489. The summed E-state index contributed by atoms with van der Waals surface area (Å²) in [7, 11) is 3.61. The predicted octanol–water partition coefficient (Wildman–Crippen LogP) is 1.98. The Labute approximate surface area is 101 Å². The van der Waals surface area contributed by atoms with Crippen LogP contribution in [0, 0.1) is 0 Å². The SMILES string of the molecule is CN(C)NC(=O)Cc1ccc2ccccc2c1. The van der Waals surface area contributed by atoms with E-state index in [4.69, 9.17) is 0 Å². The molecule has 0 atom stereocenters. The zero-order valence-electron chi connectivity index (χ0n) is 10.1. The molecular formula is C14H16N2O. The van der Waals surface area contributed by atoms with Crippen LogP contribution in [0.2, 0.25) is 0 Å². The van der Waals surface area contributed by atoms with Gasteiger partial charge in [0.2, 0.25) is 5.91 Å². The van der Waals surface area contributed by atoms with Gasteiger partial charge in [0.15, 0.2) is 0 Å². The van der Waals surface area contributed by atoms with E-state index in [0.717, 1.165) is 5.56 Å². The number of nitrogens with zero attached hydrogens (tertiary/aromatic N) is 1. The lowest BCUT2D eigenvalue weighted by Crippen LogP contribution is -2.37. The maximum absolute atomic E-state index is 11.6. The van der Waals surface area contributed by atoms with Crippen molar-refractivity contribution in [3.63, 3.8) is 0 Å². The molecule has 0 fully saturated rings. The molecule has 0 aromatic heterocycles. The Morgan fingerprint density at radius 3 is 2.53 bits per heavy atom. The Morgan fingerprint density at radius 2 is 1.82 bits per heavy atom. The van der Waals surface area contributed by atoms with E-state index < -0.39 is 0 Å². The Kier molecular flexibility index (Phi) is 3.40. The van der Waals surface area contributed by atoms with Crippen LogP contribution in [0.4, 0.5) is 0 Å². The minimum atomic E-state index is 0.00489. The van der Waals surface area contributed by atoms with Gasteiger partial charge >= 0.3 is 0 Å². The van der Waals surface area contributed by atoms with Crippen LogP contribution >= 0.6 is 0 Å². The van der Waals surface area contributed by atoms with E-state index in [-0.39, 0.29) is 5.91 Å². The van der Waals surface area contributed by atoms with Crippen LogP contribution in [0.1, 0.15) is 5.56 Å². The third kappa shape index (κ3) is 3.04. The Balaban J connectivity index is 2.17. The van der Waals surface area contributed by atoms with E-state index in [0.29, 0.717) is 6.42 Å². The van der Waals surface area contributed by atoms with Gasteiger partial charge in [-0.3, -0.25) is 10.2 Å². The van der Waals surface area contributed by atoms with E-state index in [9.17, 15) is 4.79 Å². The number of benzene rings is 2. The summed E-state index contributed by atoms with van der Waals surface area (Å²) in [5.41, 5.74) is 3.76. The maximum atomic E-state index is 11.6. The smallest absolute Gasteiger partial charge is 0.238 e. The fraction of sp³-hybridized carbons (Fsp3) is 0.214. The number of fused-ring (bicyclic) bond motifs is 1. The Morgan fingerprint density at radius 1 is 1.12 bits per heavy atom. The van der Waals surface area contributed by atoms with Gasteiger partial charge in [-0.2, -0.15) is 0 Å². The van der Waals surface area contributed by atoms with Crippen molar-refractivity contribution in [1.29, 1.82) is 0 Å². The van der Waals surface area contributed by atoms with Crippen LogP contribution in [-0.4, -0.2) is 25.0 Å². The summed E-state index contributed by atoms with van der Waals surface area (Å²) in [6.45, 7) is 0. The molecule has 1 N–H and O–H groups in total. The molecular weight excluding hydrogens is 212 g/mol. The van der Waals surface area contributed by atoms with Crippen molar-refractivity contribution in [2.45, 2.75) is 6.42 Å². The number of hydrogen-bond donors (Lipinski definition) is 1. The molecule has 17 heavy (non-hydrogen) atoms. The number of rotatable bonds is 3. The highest BCUT2D eigenvalue weighted by Crippen LogP contribution is 2.15. The maximum Gasteiger partial charge on any atom is 0.238 e. The second-order valence-electron chi connectivity index (χ2n) is 4.29. The van der Waals surface area contributed by atoms with E-state index in [2.05, 4.69) is 23.6 Å². The summed E-state index contributed by atoms with van der Waals surface area (Å²) in [6, 6.07) is 14.3. The number of amides is 1. The van der Waals surface area contributed by atoms with Gasteiger partial charge in [-0.1, -0.05) is 42.5 Å². The molecule has 0 heterocycles. The standard InChI is InChI=1S/C14H16N2O/c1-16(2)15-14(17)10-11-7-8-12-5-3-4-6-13(12)9-11/h3-9H,10H2,1-2H3,(H,15,17). The average molecular weight is 228 g/mol. The molecule has 88 valence electrons. The summed E-state index contributed by atoms with van der Waals surface area (Å²) < 4.78 is 0. The van der Waals surface area contributed by atoms with Crippen molar-refractivity contribution in [3.8, 4) is 0 Å². The Hall–Kier alpha value is -1.87. The molecule has 0 unspecified atom stereocenters. The summed E-state index contributed by atoms with van der Waals surface area (Å²) in [5, 5.41) is 4.02. The number of hydrazine groups is 1. The molecule has 0 aliphatic carbocycles. The topological polar surface area (TPSA) is 32.3 Å². The lowest BCUT2D eigenvalue weighted by Gasteiger charge is -2.11. The highest BCUT2D eigenvalue weighted by Gasteiger charge is 2.04. The Bertz CT molecular complexity index is 534. The fourth-order valence-corrected chi connectivity index (χ4v) is 1.82. The third-order valence-electron chi connectivity index (χ3n) is 2.53. The van der Waals surface area contributed by atoms with E-state index in [1.807, 2.05) is 24.3 Å². The second kappa shape index (κ2) is 4.97. The first-order valence-electron chi connectivity index (χ1n) is 5.59. The molecule has 0 aliphatic rings. The van der Waals surface area contributed by atoms with Crippen molar-refractivity contribution >= 4 is 16.7 Å². The molecule has 3 heteroatoms. The van der Waals surface area contributed by atoms with Crippen LogP contribution in [0.3, 0.4) is 0 Å². The number of nitrogens with one attached hydrogen (secondary N) is 1. The zero-order valence-corrected chi connectivity index (χ0v) is 10.1. The molecule has 0 bridgehead atoms. The quantitative estimate of drug-likeness (QED) is 0.815. The first kappa shape index (κ1) is 11.6. The van der Waals surface area contributed by atoms with Crippen molar-refractivity contribution in [1.82, 2.24) is 10.4 Å². The normalized spacial score (nSPS) is 10.8. The number of carbonyl (C=O) groups is 1. The summed E-state index contributed by atoms with van der Waals surface area (Å²) in [4.78, 5) is 11.6. The van der Waals surface area contributed by atoms with Gasteiger partial charge in [0.25, 0.3) is 0 Å². The highest BCUT2D eigenvalue weighted by atomic mass is 16.2. The summed E-state index contributed by atoms with van der Waals surface area (Å²) in [6.07, 6.45) is 0.406. The van der Waals surface area contributed by atoms with Crippen molar-refractivity contribution in [2.75, 3.05) is 14.1 Å². The van der Waals surface area contributed by atoms with Crippen LogP contribution < -0.4 is 5.43 Å². The molecule has 1 amide bonds. The van der Waals surface area contributed by atoms with E-state index in [1.165, 1.54) is 10.8 Å². The molecule has 0 aliphatic heterocycles. The minimum absolute atomic E-state index is 0.00489. The van der Waals surface area contributed by atoms with Crippen LogP contribution in [0.25, 0.3) is 10.8 Å². The van der Waals surface area contributed by atoms with Crippen molar-refractivity contribution < 1.29 is 4.79 Å². The van der Waals surface area contributed by atoms with E-state index >= 15 is 0 Å². The van der Waals surface area contributed by atoms with Gasteiger partial charge in [0.05, 0.1) is 6.42 Å². The zero-order chi connectivity index (χ0) is 12.3. The summed E-state index contributed by atoms with van der Waals surface area (Å²) >= 11 is 0. The minimum Gasteiger partial charge on any atom is -0.289 e. The number of hydrogen-bond acceptors (Lipinski definition) is 2. The molecule has 0 spiro atoms. The second-order valence-corrected chi connectivity index (χ2v) is 4.29. The molecule has 2 aromatic carbocycles. The molecule has 0 saturated heterocycles. The van der Waals surface area contributed by atoms with Gasteiger partial charge in [-0.15, -0.1) is 0 Å². The van der Waals surface area contributed by atoms with Gasteiger partial charge in [0.1, 0.15) is 0 Å². The highest BCUT2D eigenvalue weighted by molar-refractivity contribution is 5.85. The molecule has 3 nitrogen and oxygen atoms in total. The van der Waals surface area contributed by atoms with Gasteiger partial charge < -0.3 is 0 Å². The predicted molar refractivity (Wildman–Crippen MR) is 69.5 cm³/mol. The monoisotopic (exact) mass is 228 g/mol. The molecule has 2 rings (SSSR count). The first-order valence-corrected chi connectivity index (χ1v) is 5.59. The van der Waals surface area contributed by atoms with Crippen LogP contribution in [-0.2, 0) is 11.2 Å². The largest absolute Gasteiger partial charge is 0.289 e. The molecule has 0 radical (unpaired) electrons. The van der Waals surface area contributed by atoms with Crippen molar-refractivity contribution in [2.24, 2.45) is 0 Å². The van der Waals surface area contributed by atoms with Crippen LogP contribution in [0.15, 0.2) is 42.5 Å². The van der Waals surface area contributed by atoms with Crippen molar-refractivity contribution in [3.05, 3.63) is 48.0 Å². The van der Waals surface area contributed by atoms with Gasteiger partial charge in [-0.05, 0) is 16.3 Å². The molecule has 2 aromatic rings. The van der Waals surface area contributed by atoms with Gasteiger partial charge in [-0.25, -0.2) is 5.01 Å². The molecule has 0 saturated carbocycles. The third-order valence-corrected chi connectivity index (χ3v) is 2.53. The van der Waals surface area contributed by atoms with E-state index in [1.54, 1.807) is 19.1 Å². The number of carbonyl (C=O) groups excluding carboxylic acids is 1. The van der Waals surface area contributed by atoms with Crippen LogP contribution in [0.5, 0.6) is 0 Å². The van der Waals surface area contributed by atoms with Gasteiger partial charge in [0, 0.05) is 14.1 Å². The first-order chi connectivity index (χ1) is 8.15. The lowest BCUT2D eigenvalue weighted by molar-refractivity contribution is -0.124.